The molecular formula is C4F8O. The van der Waals surface area contributed by atoms with Crippen molar-refractivity contribution >= 4 is 0 Å². The molecule has 1 unspecified atom stereocenters. The standard InChI is InChI=1S/C4F8O/c5-1(6,3(8,9)10)2(7)4(11,12)13-2. The van der Waals surface area contributed by atoms with Crippen LogP contribution in [0.2, 0.25) is 0 Å². The molecule has 0 bridgehead atoms. The van der Waals surface area contributed by atoms with Crippen LogP contribution >= 0.6 is 0 Å². The quantitative estimate of drug-likeness (QED) is 0.484. The summed E-state index contributed by atoms with van der Waals surface area (Å²) in [6, 6.07) is 0. The lowest BCUT2D eigenvalue weighted by molar-refractivity contribution is -0.327. The summed E-state index contributed by atoms with van der Waals surface area (Å²) in [5, 5.41) is 0. The molecule has 0 aliphatic carbocycles. The van der Waals surface area contributed by atoms with Gasteiger partial charge in [0.1, 0.15) is 0 Å². The average Bonchev–Trinajstić information content (AvgIpc) is 2.31. The van der Waals surface area contributed by atoms with Gasteiger partial charge < -0.3 is 0 Å². The Morgan fingerprint density at radius 2 is 1.15 bits per heavy atom. The fraction of sp³-hybridized carbons (Fsp3) is 1.00. The maximum absolute atomic E-state index is 12.1. The molecule has 0 saturated carbocycles. The van der Waals surface area contributed by atoms with E-state index in [-0.39, 0.29) is 0 Å². The highest BCUT2D eigenvalue weighted by Gasteiger charge is 2.94. The predicted octanol–water partition coefficient (Wildman–Crippen LogP) is 2.47. The highest BCUT2D eigenvalue weighted by molar-refractivity contribution is 5.07. The fourth-order valence-corrected chi connectivity index (χ4v) is 0.580. The normalized spacial score (nSPS) is 33.2. The molecule has 1 rings (SSSR count). The van der Waals surface area contributed by atoms with Crippen LogP contribution < -0.4 is 0 Å². The maximum atomic E-state index is 12.1. The minimum atomic E-state index is -6.41. The predicted molar refractivity (Wildman–Crippen MR) is 20.9 cm³/mol. The van der Waals surface area contributed by atoms with Crippen LogP contribution in [0.5, 0.6) is 0 Å². The molecule has 0 aromatic carbocycles. The van der Waals surface area contributed by atoms with Gasteiger partial charge >= 0.3 is 24.1 Å². The van der Waals surface area contributed by atoms with E-state index in [1.807, 2.05) is 0 Å². The molecule has 0 aromatic heterocycles. The molecule has 0 amide bonds. The Kier molecular flexibility index (Phi) is 1.67. The minimum Gasteiger partial charge on any atom is -0.265 e. The number of alkyl halides is 8. The third-order valence-electron chi connectivity index (χ3n) is 1.36. The Bertz CT molecular complexity index is 231. The summed E-state index contributed by atoms with van der Waals surface area (Å²) in [7, 11) is 0. The smallest absolute Gasteiger partial charge is 0.265 e. The minimum absolute atomic E-state index is 2.41. The highest BCUT2D eigenvalue weighted by Crippen LogP contribution is 2.63. The van der Waals surface area contributed by atoms with E-state index in [1.165, 1.54) is 0 Å². The van der Waals surface area contributed by atoms with E-state index in [2.05, 4.69) is 4.74 Å². The van der Waals surface area contributed by atoms with E-state index in [1.54, 1.807) is 0 Å². The summed E-state index contributed by atoms with van der Waals surface area (Å²) in [5.41, 5.74) is 0. The van der Waals surface area contributed by atoms with Gasteiger partial charge in [-0.2, -0.15) is 35.1 Å². The number of epoxide rings is 1. The van der Waals surface area contributed by atoms with E-state index in [9.17, 15) is 35.1 Å². The Balaban J connectivity index is 2.97. The van der Waals surface area contributed by atoms with Crippen molar-refractivity contribution in [2.45, 2.75) is 24.1 Å². The van der Waals surface area contributed by atoms with Gasteiger partial charge in [-0.15, -0.1) is 0 Å². The van der Waals surface area contributed by atoms with Crippen molar-refractivity contribution in [1.82, 2.24) is 0 Å². The molecule has 1 saturated heterocycles. The van der Waals surface area contributed by atoms with E-state index in [4.69, 9.17) is 0 Å². The molecule has 1 heterocycles. The lowest BCUT2D eigenvalue weighted by Crippen LogP contribution is -2.49. The van der Waals surface area contributed by atoms with E-state index in [0.29, 0.717) is 0 Å². The average molecular weight is 216 g/mol. The molecule has 0 radical (unpaired) electrons. The fourth-order valence-electron chi connectivity index (χ4n) is 0.580. The third-order valence-corrected chi connectivity index (χ3v) is 1.36. The first-order valence-electron chi connectivity index (χ1n) is 2.67. The molecule has 0 spiro atoms. The Morgan fingerprint density at radius 1 is 0.846 bits per heavy atom. The van der Waals surface area contributed by atoms with Crippen LogP contribution in [0.15, 0.2) is 0 Å². The van der Waals surface area contributed by atoms with Crippen LogP contribution in [0.25, 0.3) is 0 Å². The molecule has 1 aliphatic rings. The van der Waals surface area contributed by atoms with Gasteiger partial charge in [0, 0.05) is 0 Å². The van der Waals surface area contributed by atoms with Gasteiger partial charge in [-0.25, -0.2) is 0 Å². The van der Waals surface area contributed by atoms with Gasteiger partial charge in [-0.3, -0.25) is 4.74 Å². The first-order valence-corrected chi connectivity index (χ1v) is 2.67. The molecule has 0 aromatic rings. The van der Waals surface area contributed by atoms with Gasteiger partial charge in [-0.05, 0) is 0 Å². The Hall–Kier alpha value is -0.600. The van der Waals surface area contributed by atoms with Crippen LogP contribution in [0.1, 0.15) is 0 Å². The van der Waals surface area contributed by atoms with E-state index >= 15 is 0 Å². The number of hydrogen-bond donors (Lipinski definition) is 0. The van der Waals surface area contributed by atoms with Gasteiger partial charge in [0.25, 0.3) is 0 Å². The van der Waals surface area contributed by atoms with Crippen LogP contribution in [-0.4, -0.2) is 24.1 Å². The van der Waals surface area contributed by atoms with Crippen molar-refractivity contribution in [2.75, 3.05) is 0 Å². The van der Waals surface area contributed by atoms with Crippen molar-refractivity contribution in [3.05, 3.63) is 0 Å². The van der Waals surface area contributed by atoms with Crippen LogP contribution in [0.4, 0.5) is 35.1 Å². The topological polar surface area (TPSA) is 12.5 Å². The molecular weight excluding hydrogens is 216 g/mol. The molecule has 1 aliphatic heterocycles. The first-order chi connectivity index (χ1) is 5.46. The summed E-state index contributed by atoms with van der Waals surface area (Å²) < 4.78 is 95.5. The van der Waals surface area contributed by atoms with Gasteiger partial charge in [-0.1, -0.05) is 0 Å². The maximum Gasteiger partial charge on any atom is 0.459 e. The van der Waals surface area contributed by atoms with Crippen LogP contribution in [-0.2, 0) is 4.74 Å². The molecule has 1 fully saturated rings. The van der Waals surface area contributed by atoms with Crippen molar-refractivity contribution < 1.29 is 39.9 Å². The number of hydrogen-bond acceptors (Lipinski definition) is 1. The number of halogens is 8. The van der Waals surface area contributed by atoms with Gasteiger partial charge in [0.05, 0.1) is 0 Å². The summed E-state index contributed by atoms with van der Waals surface area (Å²) in [6.07, 6.45) is -11.5. The summed E-state index contributed by atoms with van der Waals surface area (Å²) in [5.74, 6) is -11.5. The van der Waals surface area contributed by atoms with Gasteiger partial charge in [0.15, 0.2) is 0 Å². The first kappa shape index (κ1) is 10.5. The van der Waals surface area contributed by atoms with Crippen molar-refractivity contribution in [3.8, 4) is 0 Å². The molecule has 9 heteroatoms. The van der Waals surface area contributed by atoms with Crippen LogP contribution in [0.3, 0.4) is 0 Å². The molecule has 13 heavy (non-hydrogen) atoms. The lowest BCUT2D eigenvalue weighted by atomic mass is 10.2. The lowest BCUT2D eigenvalue weighted by Gasteiger charge is -2.19. The zero-order valence-corrected chi connectivity index (χ0v) is 5.43. The van der Waals surface area contributed by atoms with Gasteiger partial charge in [0.2, 0.25) is 0 Å². The third kappa shape index (κ3) is 1.09. The SMILES string of the molecule is FC(F)(F)C(F)(F)C1(F)OC1(F)F. The van der Waals surface area contributed by atoms with Crippen LogP contribution in [0, 0.1) is 0 Å². The second kappa shape index (κ2) is 2.07. The second-order valence-electron chi connectivity index (χ2n) is 2.29. The Morgan fingerprint density at radius 3 is 1.23 bits per heavy atom. The molecule has 78 valence electrons. The van der Waals surface area contributed by atoms with E-state index < -0.39 is 24.1 Å². The highest BCUT2D eigenvalue weighted by atomic mass is 19.4. The molecule has 0 N–H and O–H groups in total. The monoisotopic (exact) mass is 216 g/mol. The summed E-state index contributed by atoms with van der Waals surface area (Å²) in [6.45, 7) is 0. The summed E-state index contributed by atoms with van der Waals surface area (Å²) >= 11 is 0. The Labute approximate surface area is 65.3 Å². The largest absolute Gasteiger partial charge is 0.459 e. The van der Waals surface area contributed by atoms with Crippen molar-refractivity contribution in [3.63, 3.8) is 0 Å². The molecule has 1 nitrogen and oxygen atoms in total. The number of ether oxygens (including phenoxy) is 1. The second-order valence-corrected chi connectivity index (χ2v) is 2.29. The summed E-state index contributed by atoms with van der Waals surface area (Å²) in [4.78, 5) is 0. The zero-order chi connectivity index (χ0) is 10.7. The number of rotatable bonds is 1. The van der Waals surface area contributed by atoms with Crippen molar-refractivity contribution in [2.24, 2.45) is 0 Å². The molecule has 1 atom stereocenters. The zero-order valence-electron chi connectivity index (χ0n) is 5.43. The van der Waals surface area contributed by atoms with E-state index in [0.717, 1.165) is 0 Å². The van der Waals surface area contributed by atoms with Crippen molar-refractivity contribution in [1.29, 1.82) is 0 Å².